The Morgan fingerprint density at radius 3 is 2.74 bits per heavy atom. The molecule has 2 heterocycles. The number of aromatic nitrogens is 2. The van der Waals surface area contributed by atoms with Gasteiger partial charge < -0.3 is 14.2 Å². The van der Waals surface area contributed by atoms with E-state index in [0.717, 1.165) is 43.1 Å². The summed E-state index contributed by atoms with van der Waals surface area (Å²) in [4.78, 5) is 7.18. The molecule has 3 rings (SSSR count). The maximum atomic E-state index is 5.49. The molecule has 2 aromatic rings. The first-order chi connectivity index (χ1) is 11.2. The number of likely N-dealkylation sites (tertiary alicyclic amines) is 1. The first-order valence-electron chi connectivity index (χ1n) is 8.44. The predicted molar refractivity (Wildman–Crippen MR) is 89.6 cm³/mol. The van der Waals surface area contributed by atoms with E-state index in [1.165, 1.54) is 6.42 Å². The van der Waals surface area contributed by atoms with Crippen LogP contribution in [-0.2, 0) is 0 Å². The first kappa shape index (κ1) is 16.0. The van der Waals surface area contributed by atoms with Crippen molar-refractivity contribution in [2.24, 2.45) is 0 Å². The Bertz CT molecular complexity index is 633. The summed E-state index contributed by atoms with van der Waals surface area (Å²) in [5.74, 6) is 2.52. The molecule has 23 heavy (non-hydrogen) atoms. The summed E-state index contributed by atoms with van der Waals surface area (Å²) >= 11 is 0. The van der Waals surface area contributed by atoms with Crippen molar-refractivity contribution in [2.75, 3.05) is 20.2 Å². The minimum atomic E-state index is 0.391. The average Bonchev–Trinajstić information content (AvgIpc) is 3.11. The number of hydrogen-bond acceptors (Lipinski definition) is 5. The number of para-hydroxylation sites is 1. The van der Waals surface area contributed by atoms with Gasteiger partial charge in [-0.3, -0.25) is 0 Å². The van der Waals surface area contributed by atoms with E-state index >= 15 is 0 Å². The molecule has 1 aliphatic rings. The molecular formula is C18H25N3O2. The lowest BCUT2D eigenvalue weighted by Crippen LogP contribution is -2.39. The molecule has 1 unspecified atom stereocenters. The van der Waals surface area contributed by atoms with Crippen molar-refractivity contribution in [2.45, 2.75) is 45.1 Å². The van der Waals surface area contributed by atoms with Crippen molar-refractivity contribution in [3.63, 3.8) is 0 Å². The molecule has 0 bridgehead atoms. The standard InChI is InChI=1S/C18H25N3O2/c1-4-13(2)21-11-9-14(10-12-21)17-19-18(23-20-17)15-7-5-6-8-16(15)22-3/h5-8,13-14H,4,9-12H2,1-3H3. The maximum absolute atomic E-state index is 5.49. The summed E-state index contributed by atoms with van der Waals surface area (Å²) in [5, 5.41) is 4.22. The zero-order valence-electron chi connectivity index (χ0n) is 14.2. The third kappa shape index (κ3) is 3.39. The summed E-state index contributed by atoms with van der Waals surface area (Å²) in [5.41, 5.74) is 0.853. The van der Waals surface area contributed by atoms with E-state index in [2.05, 4.69) is 28.9 Å². The summed E-state index contributed by atoms with van der Waals surface area (Å²) in [7, 11) is 1.65. The molecule has 0 saturated carbocycles. The minimum absolute atomic E-state index is 0.391. The average molecular weight is 315 g/mol. The fourth-order valence-corrected chi connectivity index (χ4v) is 3.19. The van der Waals surface area contributed by atoms with Crippen LogP contribution in [0.15, 0.2) is 28.8 Å². The summed E-state index contributed by atoms with van der Waals surface area (Å²) < 4.78 is 10.9. The smallest absolute Gasteiger partial charge is 0.261 e. The van der Waals surface area contributed by atoms with E-state index < -0.39 is 0 Å². The third-order valence-electron chi connectivity index (χ3n) is 4.89. The molecular weight excluding hydrogens is 290 g/mol. The van der Waals surface area contributed by atoms with Crippen molar-refractivity contribution in [1.29, 1.82) is 0 Å². The SMILES string of the molecule is CCC(C)N1CCC(c2noc(-c3ccccc3OC)n2)CC1. The van der Waals surface area contributed by atoms with Crippen LogP contribution in [0.3, 0.4) is 0 Å². The second-order valence-electron chi connectivity index (χ2n) is 6.23. The number of hydrogen-bond donors (Lipinski definition) is 0. The van der Waals surface area contributed by atoms with Gasteiger partial charge in [-0.05, 0) is 51.4 Å². The number of benzene rings is 1. The van der Waals surface area contributed by atoms with Crippen LogP contribution in [0.2, 0.25) is 0 Å². The monoisotopic (exact) mass is 315 g/mol. The second kappa shape index (κ2) is 7.13. The van der Waals surface area contributed by atoms with Gasteiger partial charge in [0, 0.05) is 12.0 Å². The number of ether oxygens (including phenoxy) is 1. The minimum Gasteiger partial charge on any atom is -0.496 e. The van der Waals surface area contributed by atoms with Gasteiger partial charge in [-0.1, -0.05) is 24.2 Å². The molecule has 1 aliphatic heterocycles. The van der Waals surface area contributed by atoms with Crippen LogP contribution in [0.5, 0.6) is 5.75 Å². The largest absolute Gasteiger partial charge is 0.496 e. The van der Waals surface area contributed by atoms with Gasteiger partial charge in [0.2, 0.25) is 0 Å². The Kier molecular flexibility index (Phi) is 4.96. The molecule has 1 aromatic carbocycles. The number of piperidine rings is 1. The van der Waals surface area contributed by atoms with Crippen LogP contribution < -0.4 is 4.74 Å². The first-order valence-corrected chi connectivity index (χ1v) is 8.44. The van der Waals surface area contributed by atoms with Gasteiger partial charge in [0.25, 0.3) is 5.89 Å². The molecule has 124 valence electrons. The van der Waals surface area contributed by atoms with Gasteiger partial charge >= 0.3 is 0 Å². The Balaban J connectivity index is 1.71. The summed E-state index contributed by atoms with van der Waals surface area (Å²) in [6.07, 6.45) is 3.38. The van der Waals surface area contributed by atoms with Gasteiger partial charge in [0.1, 0.15) is 5.75 Å². The quantitative estimate of drug-likeness (QED) is 0.841. The van der Waals surface area contributed by atoms with Crippen molar-refractivity contribution in [1.82, 2.24) is 15.0 Å². The molecule has 1 fully saturated rings. The lowest BCUT2D eigenvalue weighted by molar-refractivity contribution is 0.155. The maximum Gasteiger partial charge on any atom is 0.261 e. The van der Waals surface area contributed by atoms with Crippen LogP contribution in [0.1, 0.15) is 44.9 Å². The van der Waals surface area contributed by atoms with E-state index in [4.69, 9.17) is 9.26 Å². The van der Waals surface area contributed by atoms with Gasteiger partial charge in [-0.2, -0.15) is 4.98 Å². The van der Waals surface area contributed by atoms with Crippen molar-refractivity contribution >= 4 is 0 Å². The number of nitrogens with zero attached hydrogens (tertiary/aromatic N) is 3. The zero-order chi connectivity index (χ0) is 16.2. The van der Waals surface area contributed by atoms with E-state index in [-0.39, 0.29) is 0 Å². The molecule has 1 atom stereocenters. The Hall–Kier alpha value is -1.88. The van der Waals surface area contributed by atoms with E-state index in [0.29, 0.717) is 17.9 Å². The van der Waals surface area contributed by atoms with Crippen LogP contribution >= 0.6 is 0 Å². The Morgan fingerprint density at radius 1 is 1.30 bits per heavy atom. The Labute approximate surface area is 137 Å². The van der Waals surface area contributed by atoms with Crippen molar-refractivity contribution in [3.05, 3.63) is 30.1 Å². The van der Waals surface area contributed by atoms with E-state index in [1.807, 2.05) is 24.3 Å². The lowest BCUT2D eigenvalue weighted by Gasteiger charge is -2.34. The van der Waals surface area contributed by atoms with Crippen molar-refractivity contribution in [3.8, 4) is 17.2 Å². The van der Waals surface area contributed by atoms with Gasteiger partial charge in [0.05, 0.1) is 12.7 Å². The van der Waals surface area contributed by atoms with Crippen LogP contribution in [0.4, 0.5) is 0 Å². The summed E-state index contributed by atoms with van der Waals surface area (Å²) in [6, 6.07) is 8.40. The fraction of sp³-hybridized carbons (Fsp3) is 0.556. The highest BCUT2D eigenvalue weighted by Gasteiger charge is 2.26. The topological polar surface area (TPSA) is 51.4 Å². The van der Waals surface area contributed by atoms with Gasteiger partial charge in [-0.25, -0.2) is 0 Å². The molecule has 0 spiro atoms. The van der Waals surface area contributed by atoms with E-state index in [1.54, 1.807) is 7.11 Å². The van der Waals surface area contributed by atoms with Crippen LogP contribution in [-0.4, -0.2) is 41.3 Å². The highest BCUT2D eigenvalue weighted by Crippen LogP contribution is 2.32. The lowest BCUT2D eigenvalue weighted by atomic mass is 9.95. The molecule has 5 heteroatoms. The van der Waals surface area contributed by atoms with Crippen molar-refractivity contribution < 1.29 is 9.26 Å². The number of rotatable bonds is 5. The highest BCUT2D eigenvalue weighted by molar-refractivity contribution is 5.62. The fourth-order valence-electron chi connectivity index (χ4n) is 3.19. The van der Waals surface area contributed by atoms with Gasteiger partial charge in [0.15, 0.2) is 5.82 Å². The highest BCUT2D eigenvalue weighted by atomic mass is 16.5. The zero-order valence-corrected chi connectivity index (χ0v) is 14.2. The molecule has 0 N–H and O–H groups in total. The molecule has 0 aliphatic carbocycles. The predicted octanol–water partition coefficient (Wildman–Crippen LogP) is 3.72. The molecule has 1 saturated heterocycles. The summed E-state index contributed by atoms with van der Waals surface area (Å²) in [6.45, 7) is 6.76. The number of methoxy groups -OCH3 is 1. The second-order valence-corrected chi connectivity index (χ2v) is 6.23. The van der Waals surface area contributed by atoms with E-state index in [9.17, 15) is 0 Å². The normalized spacial score (nSPS) is 18.0. The third-order valence-corrected chi connectivity index (χ3v) is 4.89. The Morgan fingerprint density at radius 2 is 2.04 bits per heavy atom. The molecule has 5 nitrogen and oxygen atoms in total. The molecule has 0 amide bonds. The van der Waals surface area contributed by atoms with Crippen LogP contribution in [0.25, 0.3) is 11.5 Å². The van der Waals surface area contributed by atoms with Gasteiger partial charge in [-0.15, -0.1) is 0 Å². The molecule has 0 radical (unpaired) electrons. The molecule has 1 aromatic heterocycles. The van der Waals surface area contributed by atoms with Crippen LogP contribution in [0, 0.1) is 0 Å².